The summed E-state index contributed by atoms with van der Waals surface area (Å²) in [7, 11) is 0. The largest absolute Gasteiger partial charge is 0.452 e. The summed E-state index contributed by atoms with van der Waals surface area (Å²) in [5.74, 6) is 1.67. The van der Waals surface area contributed by atoms with Gasteiger partial charge in [-0.25, -0.2) is 0 Å². The predicted molar refractivity (Wildman–Crippen MR) is 83.0 cm³/mol. The Morgan fingerprint density at radius 2 is 2.11 bits per heavy atom. The van der Waals surface area contributed by atoms with Crippen LogP contribution in [0, 0.1) is 5.92 Å². The lowest BCUT2D eigenvalue weighted by Crippen LogP contribution is -2.43. The Kier molecular flexibility index (Phi) is 5.52. The van der Waals surface area contributed by atoms with Crippen LogP contribution in [0.2, 0.25) is 0 Å². The number of furan rings is 1. The molecule has 1 saturated carbocycles. The quantitative estimate of drug-likeness (QED) is 0.785. The Labute approximate surface area is 131 Å². The summed E-state index contributed by atoms with van der Waals surface area (Å²) in [6.07, 6.45) is 5.34. The average Bonchev–Trinajstić information content (AvgIpc) is 2.69. The normalized spacial score (nSPS) is 27.7. The standard InChI is InChI=1S/C14H21Br2NO2/c1-2-10-3-5-14(18,6-4-10)9-17-8-11-7-12(15)13(16)19-11/h7,10,17-18H,2-6,8-9H2,1H3. The van der Waals surface area contributed by atoms with Gasteiger partial charge in [-0.3, -0.25) is 0 Å². The zero-order chi connectivity index (χ0) is 13.9. The highest BCUT2D eigenvalue weighted by Crippen LogP contribution is 2.33. The Morgan fingerprint density at radius 1 is 1.42 bits per heavy atom. The van der Waals surface area contributed by atoms with Crippen molar-refractivity contribution in [2.75, 3.05) is 6.54 Å². The van der Waals surface area contributed by atoms with Crippen molar-refractivity contribution in [3.63, 3.8) is 0 Å². The number of halogens is 2. The van der Waals surface area contributed by atoms with E-state index in [-0.39, 0.29) is 0 Å². The Hall–Kier alpha value is 0.160. The van der Waals surface area contributed by atoms with Crippen LogP contribution in [-0.2, 0) is 6.54 Å². The van der Waals surface area contributed by atoms with Gasteiger partial charge in [0, 0.05) is 6.54 Å². The van der Waals surface area contributed by atoms with Crippen LogP contribution < -0.4 is 5.32 Å². The smallest absolute Gasteiger partial charge is 0.183 e. The van der Waals surface area contributed by atoms with E-state index < -0.39 is 5.60 Å². The van der Waals surface area contributed by atoms with Crippen LogP contribution in [0.25, 0.3) is 0 Å². The van der Waals surface area contributed by atoms with E-state index in [1.165, 1.54) is 6.42 Å². The Balaban J connectivity index is 1.76. The van der Waals surface area contributed by atoms with Crippen molar-refractivity contribution in [1.29, 1.82) is 0 Å². The third-order valence-electron chi connectivity index (χ3n) is 4.06. The molecule has 0 spiro atoms. The highest BCUT2D eigenvalue weighted by atomic mass is 79.9. The van der Waals surface area contributed by atoms with Gasteiger partial charge in [0.2, 0.25) is 0 Å². The van der Waals surface area contributed by atoms with Crippen LogP contribution >= 0.6 is 31.9 Å². The molecule has 0 atom stereocenters. The SMILES string of the molecule is CCC1CCC(O)(CNCc2cc(Br)c(Br)o2)CC1. The van der Waals surface area contributed by atoms with Crippen molar-refractivity contribution < 1.29 is 9.52 Å². The van der Waals surface area contributed by atoms with Gasteiger partial charge >= 0.3 is 0 Å². The minimum absolute atomic E-state index is 0.535. The van der Waals surface area contributed by atoms with E-state index in [2.05, 4.69) is 44.1 Å². The second-order valence-electron chi connectivity index (χ2n) is 5.51. The molecule has 0 saturated heterocycles. The third-order valence-corrected chi connectivity index (χ3v) is 5.77. The Morgan fingerprint density at radius 3 is 2.63 bits per heavy atom. The van der Waals surface area contributed by atoms with Crippen molar-refractivity contribution in [3.8, 4) is 0 Å². The molecule has 0 radical (unpaired) electrons. The molecule has 0 aromatic carbocycles. The minimum atomic E-state index is -0.535. The van der Waals surface area contributed by atoms with Crippen LogP contribution in [0.4, 0.5) is 0 Å². The maximum absolute atomic E-state index is 10.5. The lowest BCUT2D eigenvalue weighted by Gasteiger charge is -2.35. The molecule has 1 fully saturated rings. The van der Waals surface area contributed by atoms with E-state index in [4.69, 9.17) is 4.42 Å². The maximum atomic E-state index is 10.5. The first-order valence-electron chi connectivity index (χ1n) is 6.89. The zero-order valence-corrected chi connectivity index (χ0v) is 14.4. The number of rotatable bonds is 5. The average molecular weight is 395 g/mol. The van der Waals surface area contributed by atoms with E-state index in [0.29, 0.717) is 17.8 Å². The van der Waals surface area contributed by atoms with Crippen LogP contribution in [0.15, 0.2) is 19.6 Å². The molecule has 1 aromatic heterocycles. The maximum Gasteiger partial charge on any atom is 0.183 e. The lowest BCUT2D eigenvalue weighted by atomic mass is 9.78. The second-order valence-corrected chi connectivity index (χ2v) is 7.09. The molecule has 5 heteroatoms. The fraction of sp³-hybridized carbons (Fsp3) is 0.714. The molecular formula is C14H21Br2NO2. The molecule has 3 nitrogen and oxygen atoms in total. The van der Waals surface area contributed by atoms with Crippen molar-refractivity contribution in [2.45, 2.75) is 51.2 Å². The predicted octanol–water partition coefficient (Wildman–Crippen LogP) is 4.23. The molecule has 0 unspecified atom stereocenters. The van der Waals surface area contributed by atoms with Gasteiger partial charge in [-0.2, -0.15) is 0 Å². The van der Waals surface area contributed by atoms with Gasteiger partial charge in [0.25, 0.3) is 0 Å². The van der Waals surface area contributed by atoms with Crippen molar-refractivity contribution >= 4 is 31.9 Å². The second kappa shape index (κ2) is 6.74. The topological polar surface area (TPSA) is 45.4 Å². The highest BCUT2D eigenvalue weighted by Gasteiger charge is 2.32. The van der Waals surface area contributed by atoms with Gasteiger partial charge in [-0.05, 0) is 69.5 Å². The van der Waals surface area contributed by atoms with E-state index in [1.54, 1.807) is 0 Å². The molecule has 1 aliphatic rings. The summed E-state index contributed by atoms with van der Waals surface area (Å²) in [5, 5.41) is 13.8. The minimum Gasteiger partial charge on any atom is -0.452 e. The van der Waals surface area contributed by atoms with Gasteiger partial charge < -0.3 is 14.8 Å². The van der Waals surface area contributed by atoms with E-state index in [1.807, 2.05) is 6.07 Å². The van der Waals surface area contributed by atoms with Crippen molar-refractivity contribution in [1.82, 2.24) is 5.32 Å². The van der Waals surface area contributed by atoms with Gasteiger partial charge in [0.1, 0.15) is 5.76 Å². The summed E-state index contributed by atoms with van der Waals surface area (Å²) >= 11 is 6.71. The summed E-state index contributed by atoms with van der Waals surface area (Å²) < 4.78 is 7.13. The first-order chi connectivity index (χ1) is 9.02. The van der Waals surface area contributed by atoms with Gasteiger partial charge in [-0.15, -0.1) is 0 Å². The molecule has 2 rings (SSSR count). The Bertz CT molecular complexity index is 392. The number of hydrogen-bond donors (Lipinski definition) is 2. The molecule has 0 amide bonds. The monoisotopic (exact) mass is 393 g/mol. The third kappa shape index (κ3) is 4.31. The zero-order valence-electron chi connectivity index (χ0n) is 11.2. The van der Waals surface area contributed by atoms with Crippen LogP contribution in [0.5, 0.6) is 0 Å². The van der Waals surface area contributed by atoms with Gasteiger partial charge in [-0.1, -0.05) is 13.3 Å². The number of nitrogens with one attached hydrogen (secondary N) is 1. The fourth-order valence-electron chi connectivity index (χ4n) is 2.70. The molecule has 108 valence electrons. The van der Waals surface area contributed by atoms with Crippen LogP contribution in [0.1, 0.15) is 44.8 Å². The van der Waals surface area contributed by atoms with Crippen LogP contribution in [-0.4, -0.2) is 17.3 Å². The lowest BCUT2D eigenvalue weighted by molar-refractivity contribution is -0.00907. The summed E-state index contributed by atoms with van der Waals surface area (Å²) in [6.45, 7) is 3.52. The molecular weight excluding hydrogens is 374 g/mol. The van der Waals surface area contributed by atoms with Crippen LogP contribution in [0.3, 0.4) is 0 Å². The van der Waals surface area contributed by atoms with E-state index in [9.17, 15) is 5.11 Å². The first kappa shape index (κ1) is 15.5. The summed E-state index contributed by atoms with van der Waals surface area (Å²) in [5.41, 5.74) is -0.535. The molecule has 0 aliphatic heterocycles. The van der Waals surface area contributed by atoms with E-state index >= 15 is 0 Å². The van der Waals surface area contributed by atoms with E-state index in [0.717, 1.165) is 41.8 Å². The van der Waals surface area contributed by atoms with Crippen molar-refractivity contribution in [3.05, 3.63) is 21.0 Å². The summed E-state index contributed by atoms with van der Waals surface area (Å²) in [6, 6.07) is 1.94. The molecule has 19 heavy (non-hydrogen) atoms. The molecule has 1 heterocycles. The fourth-order valence-corrected chi connectivity index (χ4v) is 3.36. The number of hydrogen-bond acceptors (Lipinski definition) is 3. The first-order valence-corrected chi connectivity index (χ1v) is 8.48. The molecule has 2 N–H and O–H groups in total. The molecule has 1 aromatic rings. The summed E-state index contributed by atoms with van der Waals surface area (Å²) in [4.78, 5) is 0. The highest BCUT2D eigenvalue weighted by molar-refractivity contribution is 9.13. The molecule has 1 aliphatic carbocycles. The van der Waals surface area contributed by atoms with Gasteiger partial charge in [0.15, 0.2) is 4.67 Å². The molecule has 0 bridgehead atoms. The number of aliphatic hydroxyl groups is 1. The van der Waals surface area contributed by atoms with Gasteiger partial charge in [0.05, 0.1) is 16.6 Å². The van der Waals surface area contributed by atoms with Crippen molar-refractivity contribution in [2.24, 2.45) is 5.92 Å².